The van der Waals surface area contributed by atoms with Crippen molar-refractivity contribution in [2.45, 2.75) is 0 Å². The first kappa shape index (κ1) is 65.7. The summed E-state index contributed by atoms with van der Waals surface area (Å²) < 4.78 is 0. The molecule has 0 spiro atoms. The Morgan fingerprint density at radius 1 is 1.00 bits per heavy atom. The summed E-state index contributed by atoms with van der Waals surface area (Å²) in [5.74, 6) is 0. The van der Waals surface area contributed by atoms with Gasteiger partial charge >= 0.3 is 17.1 Å². The molecule has 0 saturated carbocycles. The van der Waals surface area contributed by atoms with Gasteiger partial charge in [0.05, 0.1) is 0 Å². The van der Waals surface area contributed by atoms with Crippen molar-refractivity contribution in [3.63, 3.8) is 0 Å². The van der Waals surface area contributed by atoms with Crippen molar-refractivity contribution < 1.29 is 52.0 Å². The second-order valence-corrected chi connectivity index (χ2v) is 0. The first-order valence-corrected chi connectivity index (χ1v) is 0. The van der Waals surface area contributed by atoms with Gasteiger partial charge in [-0.15, -0.1) is 0 Å². The zero-order valence-corrected chi connectivity index (χ0v) is 5.41. The van der Waals surface area contributed by atoms with E-state index in [1.165, 1.54) is 0 Å². The number of hydrogen-bond donors (Lipinski definition) is 0. The van der Waals surface area contributed by atoms with Crippen LogP contribution < -0.4 is 24.0 Å². The summed E-state index contributed by atoms with van der Waals surface area (Å²) >= 11 is 0. The molecule has 0 aliphatic heterocycles. The van der Waals surface area contributed by atoms with Crippen LogP contribution in [0.2, 0.25) is 0 Å². The number of rotatable bonds is 0. The first-order chi connectivity index (χ1) is 0. The summed E-state index contributed by atoms with van der Waals surface area (Å²) in [6, 6.07) is 0. The maximum Gasteiger partial charge on any atom is 2.00 e. The maximum absolute atomic E-state index is 0. The van der Waals surface area contributed by atoms with Gasteiger partial charge in [-0.25, -0.2) is 0 Å². The molecule has 2 nitrogen and oxygen atoms in total. The molecule has 4 heavy (non-hydrogen) atoms. The molecule has 0 bridgehead atoms. The Labute approximate surface area is 52.1 Å². The second kappa shape index (κ2) is 30.6. The van der Waals surface area contributed by atoms with Gasteiger partial charge in [-0.2, -0.15) is 0 Å². The van der Waals surface area contributed by atoms with Crippen LogP contribution in [-0.2, 0) is 22.5 Å². The molecular formula is H3IMnO2. The van der Waals surface area contributed by atoms with Crippen LogP contribution in [0.25, 0.3) is 0 Å². The van der Waals surface area contributed by atoms with Crippen molar-refractivity contribution in [1.29, 1.82) is 0 Å². The van der Waals surface area contributed by atoms with Crippen molar-refractivity contribution in [1.82, 2.24) is 0 Å². The molecule has 0 aliphatic rings. The summed E-state index contributed by atoms with van der Waals surface area (Å²) in [7, 11) is 0. The van der Waals surface area contributed by atoms with Crippen LogP contribution in [0.4, 0.5) is 0 Å². The Hall–Kier alpha value is 1.17. The molecule has 0 rings (SSSR count). The van der Waals surface area contributed by atoms with E-state index in [4.69, 9.17) is 0 Å². The minimum Gasteiger partial charge on any atom is -2.00 e. The van der Waals surface area contributed by atoms with Crippen LogP contribution >= 0.6 is 0 Å². The fourth-order valence-electron chi connectivity index (χ4n) is 0. The van der Waals surface area contributed by atoms with Crippen molar-refractivity contribution in [3.8, 4) is 0 Å². The van der Waals surface area contributed by atoms with Crippen LogP contribution in [0, 0.1) is 0 Å². The van der Waals surface area contributed by atoms with Crippen molar-refractivity contribution in [2.75, 3.05) is 0 Å². The van der Waals surface area contributed by atoms with Gasteiger partial charge in [-0.05, 0) is 0 Å². The molecule has 0 aromatic carbocycles. The SMILES string of the molecule is [IH2+].[Mn+2].[O-2].[OH-]. The Balaban J connectivity index is 0. The Kier molecular flexibility index (Phi) is 503. The van der Waals surface area contributed by atoms with E-state index in [1.807, 2.05) is 0 Å². The minimum absolute atomic E-state index is 0. The Morgan fingerprint density at radius 3 is 1.00 bits per heavy atom. The molecule has 0 saturated heterocycles. The van der Waals surface area contributed by atoms with Crippen LogP contribution in [0.5, 0.6) is 0 Å². The third kappa shape index (κ3) is 10.9. The maximum atomic E-state index is 0. The molecule has 0 amide bonds. The average Bonchev–Trinajstić information content (AvgIpc) is 0. The normalized spacial score (nSPS) is 0. The van der Waals surface area contributed by atoms with Gasteiger partial charge in [-0.3, -0.25) is 0 Å². The Bertz CT molecular complexity index is 6.00. The minimum atomic E-state index is 0. The third-order valence-corrected chi connectivity index (χ3v) is 0. The first-order valence-electron chi connectivity index (χ1n) is 0. The summed E-state index contributed by atoms with van der Waals surface area (Å²) in [6.45, 7) is 0. The van der Waals surface area contributed by atoms with E-state index in [9.17, 15) is 0 Å². The van der Waals surface area contributed by atoms with E-state index in [1.54, 1.807) is 0 Å². The molecule has 0 aliphatic carbocycles. The van der Waals surface area contributed by atoms with E-state index >= 15 is 0 Å². The molecule has 1 N–H and O–H groups in total. The summed E-state index contributed by atoms with van der Waals surface area (Å²) in [5, 5.41) is 0. The van der Waals surface area contributed by atoms with Crippen molar-refractivity contribution in [2.24, 2.45) is 0 Å². The fourth-order valence-corrected chi connectivity index (χ4v) is 0. The van der Waals surface area contributed by atoms with Gasteiger partial charge in [0.1, 0.15) is 0 Å². The van der Waals surface area contributed by atoms with Crippen LogP contribution in [-0.4, -0.2) is 5.48 Å². The molecule has 0 unspecified atom stereocenters. The van der Waals surface area contributed by atoms with E-state index in [0.29, 0.717) is 0 Å². The molecule has 4 heteroatoms. The monoisotopic (exact) mass is 217 g/mol. The smallest absolute Gasteiger partial charge is 2.00 e. The quantitative estimate of drug-likeness (QED) is 0.303. The molecule has 29 valence electrons. The summed E-state index contributed by atoms with van der Waals surface area (Å²) in [4.78, 5) is 0. The van der Waals surface area contributed by atoms with Gasteiger partial charge in [-0.1, -0.05) is 0 Å². The molecule has 0 fully saturated rings. The molecule has 0 aromatic heterocycles. The molecule has 0 atom stereocenters. The average molecular weight is 217 g/mol. The van der Waals surface area contributed by atoms with E-state index in [2.05, 4.69) is 0 Å². The van der Waals surface area contributed by atoms with Crippen molar-refractivity contribution in [3.05, 3.63) is 0 Å². The largest absolute Gasteiger partial charge is 2.00 e. The summed E-state index contributed by atoms with van der Waals surface area (Å²) in [6.07, 6.45) is 0. The zero-order valence-electron chi connectivity index (χ0n) is 1.68. The fraction of sp³-hybridized carbons (Fsp3) is 0. The zero-order chi connectivity index (χ0) is 0. The van der Waals surface area contributed by atoms with Crippen LogP contribution in [0.15, 0.2) is 0 Å². The second-order valence-electron chi connectivity index (χ2n) is 0. The predicted octanol–water partition coefficient (Wildman–Crippen LogP) is -3.83. The van der Waals surface area contributed by atoms with Gasteiger partial charge in [0, 0.05) is 0 Å². The van der Waals surface area contributed by atoms with E-state index in [0.717, 1.165) is 0 Å². The predicted molar refractivity (Wildman–Crippen MR) is 5.41 cm³/mol. The van der Waals surface area contributed by atoms with Crippen LogP contribution in [0.1, 0.15) is 0 Å². The molecule has 0 heterocycles. The molecule has 0 aromatic rings. The topological polar surface area (TPSA) is 58.5 Å². The number of hydrogen-bond acceptors (Lipinski definition) is 1. The van der Waals surface area contributed by atoms with Crippen molar-refractivity contribution >= 4 is 0 Å². The van der Waals surface area contributed by atoms with E-state index in [-0.39, 0.29) is 52.0 Å². The van der Waals surface area contributed by atoms with Gasteiger partial charge in [0.25, 0.3) is 0 Å². The molecule has 1 radical (unpaired) electrons. The van der Waals surface area contributed by atoms with Gasteiger partial charge < -0.3 is 11.0 Å². The van der Waals surface area contributed by atoms with E-state index < -0.39 is 0 Å². The standard InChI is InChI=1S/H2I.Mn.H2O.O/h1H2;;1H2;/q+1;+2;;-2/p-1. The summed E-state index contributed by atoms with van der Waals surface area (Å²) in [5.41, 5.74) is 0. The third-order valence-electron chi connectivity index (χ3n) is 0. The Morgan fingerprint density at radius 2 is 1.00 bits per heavy atom. The van der Waals surface area contributed by atoms with Crippen LogP contribution in [0.3, 0.4) is 0 Å². The van der Waals surface area contributed by atoms with Gasteiger partial charge in [0.15, 0.2) is 0 Å². The number of halogens is 1. The molecular weight excluding hydrogens is 214 g/mol. The van der Waals surface area contributed by atoms with Gasteiger partial charge in [0.2, 0.25) is 24.0 Å².